The van der Waals surface area contributed by atoms with E-state index < -0.39 is 6.36 Å². The summed E-state index contributed by atoms with van der Waals surface area (Å²) in [5.74, 6) is 0.518. The van der Waals surface area contributed by atoms with Crippen LogP contribution in [-0.2, 0) is 0 Å². The number of pyridine rings is 2. The quantitative estimate of drug-likeness (QED) is 0.574. The van der Waals surface area contributed by atoms with Gasteiger partial charge in [-0.3, -0.25) is 4.98 Å². The largest absolute Gasteiger partial charge is 0.573 e. The number of carbonyl (C=O) groups is 1. The van der Waals surface area contributed by atoms with Gasteiger partial charge in [0.15, 0.2) is 0 Å². The van der Waals surface area contributed by atoms with E-state index in [1.54, 1.807) is 48.9 Å². The number of ether oxygens (including phenoxy) is 1. The minimum Gasteiger partial charge on any atom is -0.406 e. The van der Waals surface area contributed by atoms with Gasteiger partial charge >= 0.3 is 12.4 Å². The van der Waals surface area contributed by atoms with Gasteiger partial charge in [0, 0.05) is 31.5 Å². The smallest absolute Gasteiger partial charge is 0.406 e. The number of benzene rings is 1. The third kappa shape index (κ3) is 6.34. The van der Waals surface area contributed by atoms with Crippen LogP contribution in [0.4, 0.5) is 29.5 Å². The highest BCUT2D eigenvalue weighted by Gasteiger charge is 2.31. The topological polar surface area (TPSA) is 79.4 Å². The van der Waals surface area contributed by atoms with Crippen LogP contribution in [0.2, 0.25) is 0 Å². The summed E-state index contributed by atoms with van der Waals surface area (Å²) in [6.45, 7) is 1.43. The molecule has 1 aliphatic rings. The second-order valence-corrected chi connectivity index (χ2v) is 7.58. The minimum absolute atomic E-state index is 0.0438. The van der Waals surface area contributed by atoms with E-state index in [-0.39, 0.29) is 17.8 Å². The van der Waals surface area contributed by atoms with E-state index in [4.69, 9.17) is 0 Å². The van der Waals surface area contributed by atoms with Gasteiger partial charge in [0.05, 0.1) is 11.9 Å². The van der Waals surface area contributed by atoms with Crippen molar-refractivity contribution in [1.29, 1.82) is 0 Å². The van der Waals surface area contributed by atoms with Crippen LogP contribution < -0.4 is 20.3 Å². The predicted molar refractivity (Wildman–Crippen MR) is 118 cm³/mol. The van der Waals surface area contributed by atoms with Gasteiger partial charge in [-0.05, 0) is 60.4 Å². The number of alkyl halides is 3. The first-order valence-corrected chi connectivity index (χ1v) is 10.4. The SMILES string of the molecule is O=C(Nc1cccnc1)NC1CCN(c2cc(-c3ccc(OC(F)(F)F)cc3)ccn2)CC1. The molecular formula is C23H22F3N5O2. The van der Waals surface area contributed by atoms with E-state index >= 15 is 0 Å². The minimum atomic E-state index is -4.72. The lowest BCUT2D eigenvalue weighted by Gasteiger charge is -2.33. The maximum absolute atomic E-state index is 12.4. The number of urea groups is 1. The molecule has 0 bridgehead atoms. The zero-order chi connectivity index (χ0) is 23.3. The summed E-state index contributed by atoms with van der Waals surface area (Å²) >= 11 is 0. The number of anilines is 2. The molecule has 0 radical (unpaired) electrons. The van der Waals surface area contributed by atoms with Crippen LogP contribution in [-0.4, -0.2) is 41.5 Å². The highest BCUT2D eigenvalue weighted by molar-refractivity contribution is 5.89. The lowest BCUT2D eigenvalue weighted by atomic mass is 10.0. The van der Waals surface area contributed by atoms with Gasteiger partial charge in [0.2, 0.25) is 0 Å². The van der Waals surface area contributed by atoms with E-state index in [9.17, 15) is 18.0 Å². The highest BCUT2D eigenvalue weighted by atomic mass is 19.4. The number of hydrogen-bond acceptors (Lipinski definition) is 5. The van der Waals surface area contributed by atoms with Gasteiger partial charge < -0.3 is 20.3 Å². The highest BCUT2D eigenvalue weighted by Crippen LogP contribution is 2.28. The van der Waals surface area contributed by atoms with Gasteiger partial charge in [-0.2, -0.15) is 0 Å². The van der Waals surface area contributed by atoms with E-state index in [2.05, 4.69) is 30.2 Å². The summed E-state index contributed by atoms with van der Waals surface area (Å²) in [6, 6.07) is 12.7. The molecule has 0 unspecified atom stereocenters. The van der Waals surface area contributed by atoms with E-state index in [0.717, 1.165) is 29.8 Å². The Balaban J connectivity index is 1.33. The molecule has 4 rings (SSSR count). The Hall–Kier alpha value is -3.82. The molecule has 3 aromatic rings. The summed E-state index contributed by atoms with van der Waals surface area (Å²) in [6.07, 6.45) is 1.70. The molecular weight excluding hydrogens is 435 g/mol. The number of halogens is 3. The Morgan fingerprint density at radius 3 is 2.45 bits per heavy atom. The first-order valence-electron chi connectivity index (χ1n) is 10.4. The molecule has 3 heterocycles. The van der Waals surface area contributed by atoms with E-state index in [0.29, 0.717) is 18.8 Å². The third-order valence-corrected chi connectivity index (χ3v) is 5.24. The molecule has 172 valence electrons. The normalized spacial score (nSPS) is 14.6. The number of rotatable bonds is 5. The number of piperidine rings is 1. The zero-order valence-electron chi connectivity index (χ0n) is 17.5. The second kappa shape index (κ2) is 9.76. The Morgan fingerprint density at radius 2 is 1.79 bits per heavy atom. The first kappa shape index (κ1) is 22.4. The van der Waals surface area contributed by atoms with Crippen molar-refractivity contribution in [2.24, 2.45) is 0 Å². The molecule has 7 nitrogen and oxygen atoms in total. The fourth-order valence-electron chi connectivity index (χ4n) is 3.66. The maximum atomic E-state index is 12.4. The molecule has 2 N–H and O–H groups in total. The number of hydrogen-bond donors (Lipinski definition) is 2. The van der Waals surface area contributed by atoms with Crippen molar-refractivity contribution in [3.8, 4) is 16.9 Å². The van der Waals surface area contributed by atoms with E-state index in [1.165, 1.54) is 12.1 Å². The molecule has 1 fully saturated rings. The summed E-state index contributed by atoms with van der Waals surface area (Å²) < 4.78 is 41.0. The van der Waals surface area contributed by atoms with E-state index in [1.807, 2.05) is 6.07 Å². The number of nitrogens with zero attached hydrogens (tertiary/aromatic N) is 3. The van der Waals surface area contributed by atoms with Crippen LogP contribution in [0.1, 0.15) is 12.8 Å². The molecule has 0 atom stereocenters. The molecule has 2 amide bonds. The molecule has 10 heteroatoms. The first-order chi connectivity index (χ1) is 15.9. The third-order valence-electron chi connectivity index (χ3n) is 5.24. The van der Waals surface area contributed by atoms with Crippen molar-refractivity contribution < 1.29 is 22.7 Å². The standard InChI is InChI=1S/C23H22F3N5O2/c24-23(25,26)33-20-5-3-16(4-6-20)17-7-11-28-21(14-17)31-12-8-18(9-13-31)29-22(32)30-19-2-1-10-27-15-19/h1-7,10-11,14-15,18H,8-9,12-13H2,(H2,29,30,32). The average molecular weight is 457 g/mol. The van der Waals surface area contributed by atoms with Crippen LogP contribution in [0.25, 0.3) is 11.1 Å². The maximum Gasteiger partial charge on any atom is 0.573 e. The van der Waals surface area contributed by atoms with Gasteiger partial charge in [0.1, 0.15) is 11.6 Å². The number of carbonyl (C=O) groups excluding carboxylic acids is 1. The Morgan fingerprint density at radius 1 is 1.03 bits per heavy atom. The van der Waals surface area contributed by atoms with Crippen molar-refractivity contribution in [3.63, 3.8) is 0 Å². The molecule has 1 aromatic carbocycles. The predicted octanol–water partition coefficient (Wildman–Crippen LogP) is 4.83. The van der Waals surface area contributed by atoms with Crippen molar-refractivity contribution in [2.45, 2.75) is 25.2 Å². The van der Waals surface area contributed by atoms with Crippen molar-refractivity contribution in [3.05, 3.63) is 67.1 Å². The van der Waals surface area contributed by atoms with Crippen molar-refractivity contribution >= 4 is 17.5 Å². The zero-order valence-corrected chi connectivity index (χ0v) is 17.5. The Kier molecular flexibility index (Phi) is 6.62. The molecule has 0 saturated carbocycles. The van der Waals surface area contributed by atoms with Gasteiger partial charge in [-0.15, -0.1) is 13.2 Å². The second-order valence-electron chi connectivity index (χ2n) is 7.58. The Labute approximate surface area is 188 Å². The average Bonchev–Trinajstić information content (AvgIpc) is 2.80. The Bertz CT molecular complexity index is 1070. The number of amides is 2. The van der Waals surface area contributed by atoms with Crippen LogP contribution in [0, 0.1) is 0 Å². The van der Waals surface area contributed by atoms with Crippen LogP contribution in [0.3, 0.4) is 0 Å². The van der Waals surface area contributed by atoms with Crippen LogP contribution in [0.15, 0.2) is 67.1 Å². The molecule has 2 aromatic heterocycles. The monoisotopic (exact) mass is 457 g/mol. The van der Waals surface area contributed by atoms with Crippen molar-refractivity contribution in [1.82, 2.24) is 15.3 Å². The van der Waals surface area contributed by atoms with Crippen LogP contribution >= 0.6 is 0 Å². The lowest BCUT2D eigenvalue weighted by Crippen LogP contribution is -2.46. The fraction of sp³-hybridized carbons (Fsp3) is 0.261. The fourth-order valence-corrected chi connectivity index (χ4v) is 3.66. The van der Waals surface area contributed by atoms with Gasteiger partial charge in [-0.1, -0.05) is 12.1 Å². The summed E-state index contributed by atoms with van der Waals surface area (Å²) in [4.78, 5) is 22.7. The number of aromatic nitrogens is 2. The summed E-state index contributed by atoms with van der Waals surface area (Å²) in [5, 5.41) is 5.75. The summed E-state index contributed by atoms with van der Waals surface area (Å²) in [5.41, 5.74) is 2.23. The molecule has 1 saturated heterocycles. The van der Waals surface area contributed by atoms with Gasteiger partial charge in [0.25, 0.3) is 0 Å². The molecule has 33 heavy (non-hydrogen) atoms. The lowest BCUT2D eigenvalue weighted by molar-refractivity contribution is -0.274. The van der Waals surface area contributed by atoms with Gasteiger partial charge in [-0.25, -0.2) is 9.78 Å². The van der Waals surface area contributed by atoms with Crippen LogP contribution in [0.5, 0.6) is 5.75 Å². The molecule has 0 aliphatic carbocycles. The molecule has 0 spiro atoms. The summed E-state index contributed by atoms with van der Waals surface area (Å²) in [7, 11) is 0. The number of nitrogens with one attached hydrogen (secondary N) is 2. The van der Waals surface area contributed by atoms with Crippen molar-refractivity contribution in [2.75, 3.05) is 23.3 Å². The molecule has 1 aliphatic heterocycles.